The second kappa shape index (κ2) is 7.73. The van der Waals surface area contributed by atoms with E-state index < -0.39 is 0 Å². The predicted molar refractivity (Wildman–Crippen MR) is 96.4 cm³/mol. The van der Waals surface area contributed by atoms with Gasteiger partial charge in [0.05, 0.1) is 19.6 Å². The van der Waals surface area contributed by atoms with Gasteiger partial charge in [-0.1, -0.05) is 59.8 Å². The molecule has 0 atom stereocenters. The Balaban J connectivity index is 2.88. The van der Waals surface area contributed by atoms with Gasteiger partial charge < -0.3 is 14.6 Å². The van der Waals surface area contributed by atoms with Crippen LogP contribution in [0.4, 0.5) is 0 Å². The first-order valence-corrected chi connectivity index (χ1v) is 8.23. The summed E-state index contributed by atoms with van der Waals surface area (Å²) in [7, 11) is 1.57. The van der Waals surface area contributed by atoms with E-state index in [1.807, 2.05) is 65.8 Å². The van der Waals surface area contributed by atoms with E-state index in [2.05, 4.69) is 0 Å². The van der Waals surface area contributed by atoms with Crippen molar-refractivity contribution in [3.8, 4) is 11.5 Å². The Labute approximate surface area is 145 Å². The van der Waals surface area contributed by atoms with E-state index in [1.165, 1.54) is 0 Å². The molecule has 0 fully saturated rings. The van der Waals surface area contributed by atoms with Crippen molar-refractivity contribution >= 4 is 5.97 Å². The van der Waals surface area contributed by atoms with Crippen molar-refractivity contribution in [1.29, 1.82) is 0 Å². The van der Waals surface area contributed by atoms with Crippen molar-refractivity contribution in [2.75, 3.05) is 13.7 Å². The lowest BCUT2D eigenvalue weighted by Gasteiger charge is -2.26. The van der Waals surface area contributed by atoms with E-state index >= 15 is 0 Å². The standard InChI is InChI=1S/C20H30O4/c1-14(2)18(22)24-13-19(3,4)10-11-20(5,6)16-9-8-15(23-7)12-17(16)21/h8-12,14,21H,13H2,1-7H3/b11-10+. The van der Waals surface area contributed by atoms with Gasteiger partial charge in [-0.15, -0.1) is 0 Å². The first kappa shape index (κ1) is 20.1. The average molecular weight is 334 g/mol. The van der Waals surface area contributed by atoms with Gasteiger partial charge in [0.15, 0.2) is 0 Å². The highest BCUT2D eigenvalue weighted by Crippen LogP contribution is 2.35. The number of rotatable bonds is 7. The van der Waals surface area contributed by atoms with E-state index in [0.717, 1.165) is 5.56 Å². The molecule has 0 aliphatic rings. The summed E-state index contributed by atoms with van der Waals surface area (Å²) in [6.45, 7) is 12.1. The van der Waals surface area contributed by atoms with Crippen LogP contribution in [0.25, 0.3) is 0 Å². The molecule has 4 nitrogen and oxygen atoms in total. The van der Waals surface area contributed by atoms with Crippen LogP contribution in [-0.4, -0.2) is 24.8 Å². The van der Waals surface area contributed by atoms with Crippen molar-refractivity contribution in [2.24, 2.45) is 11.3 Å². The first-order valence-electron chi connectivity index (χ1n) is 8.23. The maximum absolute atomic E-state index is 11.6. The van der Waals surface area contributed by atoms with Gasteiger partial charge in [0.2, 0.25) is 0 Å². The van der Waals surface area contributed by atoms with E-state index in [9.17, 15) is 9.90 Å². The summed E-state index contributed by atoms with van der Waals surface area (Å²) in [5, 5.41) is 10.2. The maximum Gasteiger partial charge on any atom is 0.308 e. The van der Waals surface area contributed by atoms with Crippen LogP contribution in [0.15, 0.2) is 30.4 Å². The highest BCUT2D eigenvalue weighted by Gasteiger charge is 2.24. The molecule has 1 aromatic rings. The predicted octanol–water partition coefficient (Wildman–Crippen LogP) is 4.46. The number of phenolic OH excluding ortho intramolecular Hbond substituents is 1. The molecule has 4 heteroatoms. The van der Waals surface area contributed by atoms with Crippen LogP contribution in [0.5, 0.6) is 11.5 Å². The fourth-order valence-electron chi connectivity index (χ4n) is 2.18. The average Bonchev–Trinajstić information content (AvgIpc) is 2.50. The normalized spacial score (nSPS) is 12.7. The van der Waals surface area contributed by atoms with E-state index in [4.69, 9.17) is 9.47 Å². The van der Waals surface area contributed by atoms with Gasteiger partial charge in [-0.25, -0.2) is 0 Å². The van der Waals surface area contributed by atoms with E-state index in [-0.39, 0.29) is 28.5 Å². The Morgan fingerprint density at radius 3 is 2.33 bits per heavy atom. The Bertz CT molecular complexity index is 598. The number of ether oxygens (including phenoxy) is 2. The molecule has 0 unspecified atom stereocenters. The van der Waals surface area contributed by atoms with Crippen LogP contribution in [0.1, 0.15) is 47.1 Å². The van der Waals surface area contributed by atoms with Gasteiger partial charge in [0, 0.05) is 22.5 Å². The van der Waals surface area contributed by atoms with Gasteiger partial charge >= 0.3 is 5.97 Å². The monoisotopic (exact) mass is 334 g/mol. The van der Waals surface area contributed by atoms with Crippen molar-refractivity contribution in [2.45, 2.75) is 47.0 Å². The second-order valence-electron chi connectivity index (χ2n) is 7.69. The Hall–Kier alpha value is -1.97. The summed E-state index contributed by atoms with van der Waals surface area (Å²) < 4.78 is 10.5. The fourth-order valence-corrected chi connectivity index (χ4v) is 2.18. The molecule has 0 aliphatic heterocycles. The van der Waals surface area contributed by atoms with Gasteiger partial charge in [-0.2, -0.15) is 0 Å². The third kappa shape index (κ3) is 5.59. The lowest BCUT2D eigenvalue weighted by molar-refractivity contribution is -0.149. The minimum absolute atomic E-state index is 0.127. The molecule has 134 valence electrons. The number of benzene rings is 1. The molecule has 0 saturated carbocycles. The van der Waals surface area contributed by atoms with E-state index in [1.54, 1.807) is 13.2 Å². The molecule has 0 bridgehead atoms. The lowest BCUT2D eigenvalue weighted by Crippen LogP contribution is -2.23. The molecule has 1 aromatic carbocycles. The van der Waals surface area contributed by atoms with Crippen molar-refractivity contribution in [3.05, 3.63) is 35.9 Å². The Kier molecular flexibility index (Phi) is 6.47. The molecule has 1 rings (SSSR count). The molecule has 0 spiro atoms. The molecule has 0 aliphatic carbocycles. The minimum atomic E-state index is -0.365. The highest BCUT2D eigenvalue weighted by atomic mass is 16.5. The smallest absolute Gasteiger partial charge is 0.308 e. The molecule has 0 radical (unpaired) electrons. The van der Waals surface area contributed by atoms with Gasteiger partial charge in [-0.05, 0) is 6.07 Å². The molecule has 1 N–H and O–H groups in total. The van der Waals surface area contributed by atoms with Gasteiger partial charge in [0.25, 0.3) is 0 Å². The number of aromatic hydroxyl groups is 1. The second-order valence-corrected chi connectivity index (χ2v) is 7.69. The maximum atomic E-state index is 11.6. The summed E-state index contributed by atoms with van der Waals surface area (Å²) in [4.78, 5) is 11.6. The van der Waals surface area contributed by atoms with Gasteiger partial charge in [0.1, 0.15) is 11.5 Å². The van der Waals surface area contributed by atoms with Crippen molar-refractivity contribution in [1.82, 2.24) is 0 Å². The van der Waals surface area contributed by atoms with Crippen LogP contribution in [0.2, 0.25) is 0 Å². The number of carbonyl (C=O) groups excluding carboxylic acids is 1. The molecule has 24 heavy (non-hydrogen) atoms. The number of methoxy groups -OCH3 is 1. The Morgan fingerprint density at radius 1 is 1.21 bits per heavy atom. The molecule has 0 amide bonds. The molecule has 0 aromatic heterocycles. The van der Waals surface area contributed by atoms with Gasteiger partial charge in [-0.3, -0.25) is 4.79 Å². The van der Waals surface area contributed by atoms with Crippen LogP contribution in [-0.2, 0) is 14.9 Å². The van der Waals surface area contributed by atoms with E-state index in [0.29, 0.717) is 12.4 Å². The van der Waals surface area contributed by atoms with Crippen LogP contribution in [0, 0.1) is 11.3 Å². The Morgan fingerprint density at radius 2 is 1.83 bits per heavy atom. The minimum Gasteiger partial charge on any atom is -0.507 e. The summed E-state index contributed by atoms with van der Waals surface area (Å²) >= 11 is 0. The number of carbonyl (C=O) groups is 1. The fraction of sp³-hybridized carbons (Fsp3) is 0.550. The zero-order chi connectivity index (χ0) is 18.5. The molecular weight excluding hydrogens is 304 g/mol. The van der Waals surface area contributed by atoms with Crippen molar-refractivity contribution < 1.29 is 19.4 Å². The lowest BCUT2D eigenvalue weighted by atomic mass is 9.81. The third-order valence-electron chi connectivity index (χ3n) is 3.91. The molecular formula is C20H30O4. The summed E-state index contributed by atoms with van der Waals surface area (Å²) in [5.74, 6) is 0.506. The quantitative estimate of drug-likeness (QED) is 0.591. The largest absolute Gasteiger partial charge is 0.507 e. The third-order valence-corrected chi connectivity index (χ3v) is 3.91. The first-order chi connectivity index (χ1) is 11.0. The number of phenols is 1. The van der Waals surface area contributed by atoms with Crippen LogP contribution >= 0.6 is 0 Å². The summed E-state index contributed by atoms with van der Waals surface area (Å²) in [5.41, 5.74) is 0.161. The number of hydrogen-bond donors (Lipinski definition) is 1. The number of esters is 1. The van der Waals surface area contributed by atoms with Crippen molar-refractivity contribution in [3.63, 3.8) is 0 Å². The summed E-state index contributed by atoms with van der Waals surface area (Å²) in [6.07, 6.45) is 4.07. The molecule has 0 heterocycles. The number of allylic oxidation sites excluding steroid dienone is 1. The van der Waals surface area contributed by atoms with Crippen LogP contribution < -0.4 is 4.74 Å². The summed E-state index contributed by atoms with van der Waals surface area (Å²) in [6, 6.07) is 5.31. The topological polar surface area (TPSA) is 55.8 Å². The molecule has 0 saturated heterocycles. The zero-order valence-corrected chi connectivity index (χ0v) is 15.8. The number of hydrogen-bond acceptors (Lipinski definition) is 4. The highest BCUT2D eigenvalue weighted by molar-refractivity contribution is 5.71. The van der Waals surface area contributed by atoms with Crippen LogP contribution in [0.3, 0.4) is 0 Å². The SMILES string of the molecule is COc1ccc(C(C)(C)/C=C/C(C)(C)COC(=O)C(C)C)c(O)c1. The zero-order valence-electron chi connectivity index (χ0n) is 15.8.